The number of carbonyl (C=O) groups is 2. The number of aryl methyl sites for hydroxylation is 1. The van der Waals surface area contributed by atoms with Gasteiger partial charge in [0.15, 0.2) is 0 Å². The summed E-state index contributed by atoms with van der Waals surface area (Å²) < 4.78 is 6.39. The maximum Gasteiger partial charge on any atom is 0.338 e. The van der Waals surface area contributed by atoms with Gasteiger partial charge in [0.1, 0.15) is 11.4 Å². The molecule has 0 radical (unpaired) electrons. The minimum Gasteiger partial charge on any atom is -0.456 e. The molecule has 5 heteroatoms. The van der Waals surface area contributed by atoms with E-state index in [0.29, 0.717) is 17.9 Å². The zero-order valence-electron chi connectivity index (χ0n) is 17.8. The Hall–Kier alpha value is -2.01. The summed E-state index contributed by atoms with van der Waals surface area (Å²) in [6.07, 6.45) is 7.25. The molecule has 0 aliphatic heterocycles. The number of pyridine rings is 1. The maximum absolute atomic E-state index is 13.6. The Morgan fingerprint density at radius 2 is 1.90 bits per heavy atom. The summed E-state index contributed by atoms with van der Waals surface area (Å²) in [5.41, 5.74) is 2.60. The molecule has 1 saturated carbocycles. The second-order valence-corrected chi connectivity index (χ2v) is 10.6. The Morgan fingerprint density at radius 3 is 2.53 bits per heavy atom. The fraction of sp³-hybridized carbons (Fsp3) is 0.480. The molecule has 0 N–H and O–H groups in total. The number of ketones is 1. The molecule has 2 aliphatic carbocycles. The second-order valence-electron chi connectivity index (χ2n) is 9.69. The lowest BCUT2D eigenvalue weighted by molar-refractivity contribution is -0.124. The Morgan fingerprint density at radius 1 is 1.20 bits per heavy atom. The molecule has 0 spiro atoms. The molecule has 1 unspecified atom stereocenters. The van der Waals surface area contributed by atoms with Crippen LogP contribution in [0.5, 0.6) is 0 Å². The van der Waals surface area contributed by atoms with Crippen LogP contribution in [0.25, 0.3) is 0 Å². The summed E-state index contributed by atoms with van der Waals surface area (Å²) in [7, 11) is 0. The number of ether oxygens (including phenoxy) is 1. The number of hydrogen-bond donors (Lipinski definition) is 0. The fourth-order valence-corrected chi connectivity index (χ4v) is 4.80. The molecule has 2 aromatic rings. The van der Waals surface area contributed by atoms with Crippen LogP contribution >= 0.6 is 15.9 Å². The molecule has 1 heterocycles. The highest BCUT2D eigenvalue weighted by molar-refractivity contribution is 9.10. The summed E-state index contributed by atoms with van der Waals surface area (Å²) in [6, 6.07) is 9.35. The third-order valence-corrected chi connectivity index (χ3v) is 6.46. The third-order valence-electron chi connectivity index (χ3n) is 6.03. The highest BCUT2D eigenvalue weighted by Gasteiger charge is 2.48. The predicted molar refractivity (Wildman–Crippen MR) is 120 cm³/mol. The van der Waals surface area contributed by atoms with E-state index in [1.54, 1.807) is 12.1 Å². The Bertz CT molecular complexity index is 973. The average Bonchev–Trinajstić information content (AvgIpc) is 3.41. The molecule has 1 aromatic heterocycles. The Balaban J connectivity index is 1.54. The lowest BCUT2D eigenvalue weighted by atomic mass is 9.74. The minimum absolute atomic E-state index is 0.244. The van der Waals surface area contributed by atoms with E-state index in [4.69, 9.17) is 9.72 Å². The molecule has 158 valence electrons. The molecule has 0 bridgehead atoms. The average molecular weight is 470 g/mol. The van der Waals surface area contributed by atoms with Crippen LogP contribution in [0.3, 0.4) is 0 Å². The van der Waals surface area contributed by atoms with Gasteiger partial charge in [-0.1, -0.05) is 25.0 Å². The maximum atomic E-state index is 13.6. The molecule has 30 heavy (non-hydrogen) atoms. The number of benzene rings is 1. The summed E-state index contributed by atoms with van der Waals surface area (Å²) in [6.45, 7) is 5.55. The summed E-state index contributed by atoms with van der Waals surface area (Å²) in [5.74, 6) is 0.540. The number of carbonyl (C=O) groups excluding carboxylic acids is 2. The molecule has 2 aliphatic rings. The van der Waals surface area contributed by atoms with Crippen LogP contribution in [0, 0.1) is 5.92 Å². The van der Waals surface area contributed by atoms with Gasteiger partial charge in [0.05, 0.1) is 16.7 Å². The van der Waals surface area contributed by atoms with E-state index in [1.165, 1.54) is 18.4 Å². The lowest BCUT2D eigenvalue weighted by Crippen LogP contribution is -2.36. The van der Waals surface area contributed by atoms with Gasteiger partial charge in [0.2, 0.25) is 0 Å². The van der Waals surface area contributed by atoms with Gasteiger partial charge < -0.3 is 4.74 Å². The lowest BCUT2D eigenvalue weighted by Gasteiger charge is -2.28. The van der Waals surface area contributed by atoms with E-state index in [9.17, 15) is 9.59 Å². The molecule has 1 fully saturated rings. The van der Waals surface area contributed by atoms with Gasteiger partial charge in [-0.25, -0.2) is 4.79 Å². The first-order valence-electron chi connectivity index (χ1n) is 10.7. The minimum atomic E-state index is -0.529. The second kappa shape index (κ2) is 7.92. The van der Waals surface area contributed by atoms with Gasteiger partial charge >= 0.3 is 5.97 Å². The van der Waals surface area contributed by atoms with Crippen LogP contribution < -0.4 is 0 Å². The quantitative estimate of drug-likeness (QED) is 0.516. The van der Waals surface area contributed by atoms with E-state index in [0.717, 1.165) is 35.0 Å². The normalized spacial score (nSPS) is 20.7. The highest BCUT2D eigenvalue weighted by Crippen LogP contribution is 2.49. The van der Waals surface area contributed by atoms with Gasteiger partial charge in [-0.15, -0.1) is 0 Å². The van der Waals surface area contributed by atoms with Gasteiger partial charge in [-0.3, -0.25) is 9.78 Å². The van der Waals surface area contributed by atoms with Crippen molar-refractivity contribution in [3.8, 4) is 0 Å². The van der Waals surface area contributed by atoms with Crippen LogP contribution in [0.1, 0.15) is 73.6 Å². The molecule has 4 rings (SSSR count). The smallest absolute Gasteiger partial charge is 0.338 e. The van der Waals surface area contributed by atoms with Gasteiger partial charge in [-0.2, -0.15) is 0 Å². The third kappa shape index (κ3) is 4.51. The summed E-state index contributed by atoms with van der Waals surface area (Å²) >= 11 is 3.51. The molecule has 1 atom stereocenters. The summed E-state index contributed by atoms with van der Waals surface area (Å²) in [5, 5.41) is 0. The van der Waals surface area contributed by atoms with Crippen molar-refractivity contribution in [2.24, 2.45) is 5.92 Å². The fourth-order valence-electron chi connectivity index (χ4n) is 4.42. The number of hydrogen-bond acceptors (Lipinski definition) is 4. The van der Waals surface area contributed by atoms with Crippen LogP contribution in [0.2, 0.25) is 0 Å². The monoisotopic (exact) mass is 469 g/mol. The Kier molecular flexibility index (Phi) is 5.60. The highest BCUT2D eigenvalue weighted by atomic mass is 79.9. The number of rotatable bonds is 6. The molecular formula is C25H28BrNO3. The predicted octanol–water partition coefficient (Wildman–Crippen LogP) is 5.60. The zero-order chi connectivity index (χ0) is 21.5. The zero-order valence-corrected chi connectivity index (χ0v) is 19.4. The van der Waals surface area contributed by atoms with E-state index >= 15 is 0 Å². The van der Waals surface area contributed by atoms with Gasteiger partial charge in [0.25, 0.3) is 0 Å². The van der Waals surface area contributed by atoms with Crippen molar-refractivity contribution in [3.63, 3.8) is 0 Å². The SMILES string of the molecule is CC(C)(C)OC(=O)c1ccc(CC(=O)C2(CC3CC3)CCc3cc(Br)cnc32)cc1. The van der Waals surface area contributed by atoms with Crippen molar-refractivity contribution in [3.05, 3.63) is 63.4 Å². The van der Waals surface area contributed by atoms with Gasteiger partial charge in [-0.05, 0) is 91.2 Å². The Labute approximate surface area is 186 Å². The molecule has 1 aromatic carbocycles. The summed E-state index contributed by atoms with van der Waals surface area (Å²) in [4.78, 5) is 30.6. The number of Topliss-reactive ketones (excluding diaryl/α,β-unsaturated/α-hetero) is 1. The van der Waals surface area contributed by atoms with E-state index in [-0.39, 0.29) is 11.8 Å². The van der Waals surface area contributed by atoms with Crippen molar-refractivity contribution in [1.82, 2.24) is 4.98 Å². The molecular weight excluding hydrogens is 442 g/mol. The van der Waals surface area contributed by atoms with Crippen LogP contribution in [-0.4, -0.2) is 22.3 Å². The van der Waals surface area contributed by atoms with Crippen molar-refractivity contribution in [2.45, 2.75) is 70.3 Å². The molecule has 4 nitrogen and oxygen atoms in total. The topological polar surface area (TPSA) is 56.3 Å². The first kappa shape index (κ1) is 21.2. The number of fused-ring (bicyclic) bond motifs is 1. The van der Waals surface area contributed by atoms with Crippen molar-refractivity contribution in [1.29, 1.82) is 0 Å². The van der Waals surface area contributed by atoms with Crippen molar-refractivity contribution >= 4 is 27.7 Å². The molecule has 0 amide bonds. The van der Waals surface area contributed by atoms with E-state index < -0.39 is 11.0 Å². The number of nitrogens with zero attached hydrogens (tertiary/aromatic N) is 1. The van der Waals surface area contributed by atoms with Crippen molar-refractivity contribution in [2.75, 3.05) is 0 Å². The van der Waals surface area contributed by atoms with Gasteiger partial charge in [0, 0.05) is 17.1 Å². The van der Waals surface area contributed by atoms with Crippen LogP contribution in [-0.2, 0) is 27.8 Å². The molecule has 0 saturated heterocycles. The van der Waals surface area contributed by atoms with Crippen LogP contribution in [0.15, 0.2) is 41.0 Å². The standard InChI is InChI=1S/C25H28BrNO3/c1-24(2,3)30-23(29)18-8-6-16(7-9-18)12-21(28)25(14-17-4-5-17)11-10-19-13-20(26)15-27-22(19)25/h6-9,13,15,17H,4-5,10-12,14H2,1-3H3. The number of halogens is 1. The first-order valence-corrected chi connectivity index (χ1v) is 11.5. The van der Waals surface area contributed by atoms with E-state index in [2.05, 4.69) is 22.0 Å². The van der Waals surface area contributed by atoms with E-state index in [1.807, 2.05) is 39.1 Å². The number of esters is 1. The number of aromatic nitrogens is 1. The van der Waals surface area contributed by atoms with Crippen LogP contribution in [0.4, 0.5) is 0 Å². The first-order chi connectivity index (χ1) is 14.2. The largest absolute Gasteiger partial charge is 0.456 e. The van der Waals surface area contributed by atoms with Crippen molar-refractivity contribution < 1.29 is 14.3 Å².